The van der Waals surface area contributed by atoms with E-state index in [0.717, 1.165) is 42.6 Å². The summed E-state index contributed by atoms with van der Waals surface area (Å²) in [6.07, 6.45) is 10.5. The van der Waals surface area contributed by atoms with E-state index in [4.69, 9.17) is 9.84 Å². The molecule has 1 amide bonds. The van der Waals surface area contributed by atoms with Crippen molar-refractivity contribution in [2.45, 2.75) is 51.5 Å². The van der Waals surface area contributed by atoms with E-state index in [-0.39, 0.29) is 29.2 Å². The van der Waals surface area contributed by atoms with Gasteiger partial charge in [-0.1, -0.05) is 25.1 Å². The Bertz CT molecular complexity index is 1240. The van der Waals surface area contributed by atoms with Crippen LogP contribution in [0.15, 0.2) is 41.4 Å². The van der Waals surface area contributed by atoms with Crippen molar-refractivity contribution in [1.82, 2.24) is 14.8 Å². The van der Waals surface area contributed by atoms with Gasteiger partial charge >= 0.3 is 5.97 Å². The number of ether oxygens (including phenoxy) is 1. The third-order valence-corrected chi connectivity index (χ3v) is 7.97. The minimum Gasteiger partial charge on any atom is -0.477 e. The van der Waals surface area contributed by atoms with Gasteiger partial charge in [0.15, 0.2) is 5.82 Å². The maximum Gasteiger partial charge on any atom is 0.341 e. The highest BCUT2D eigenvalue weighted by Crippen LogP contribution is 2.34. The van der Waals surface area contributed by atoms with Gasteiger partial charge in [-0.3, -0.25) is 9.69 Å². The number of carboxylic acid groups (broad SMARTS) is 1. The Morgan fingerprint density at radius 1 is 1.08 bits per heavy atom. The molecule has 0 atom stereocenters. The zero-order valence-corrected chi connectivity index (χ0v) is 21.8. The van der Waals surface area contributed by atoms with Crippen molar-refractivity contribution in [2.24, 2.45) is 11.8 Å². The molecule has 1 saturated heterocycles. The molecule has 1 N–H and O–H groups in total. The fourth-order valence-corrected chi connectivity index (χ4v) is 5.68. The Morgan fingerprint density at radius 3 is 2.46 bits per heavy atom. The molecular weight excluding hydrogens is 488 g/mol. The van der Waals surface area contributed by atoms with Crippen LogP contribution in [-0.2, 0) is 9.53 Å². The molecule has 2 fully saturated rings. The van der Waals surface area contributed by atoms with E-state index in [1.807, 2.05) is 41.8 Å². The fraction of sp³-hybridized carbons (Fsp3) is 0.429. The van der Waals surface area contributed by atoms with E-state index in [1.165, 1.54) is 6.20 Å². The molecule has 37 heavy (non-hydrogen) atoms. The molecule has 1 aromatic carbocycles. The normalized spacial score (nSPS) is 20.8. The molecule has 2 aromatic heterocycles. The number of aromatic nitrogens is 3. The molecule has 1 aliphatic carbocycles. The Kier molecular flexibility index (Phi) is 7.81. The second-order valence-corrected chi connectivity index (χ2v) is 10.7. The highest BCUT2D eigenvalue weighted by Gasteiger charge is 2.37. The average Bonchev–Trinajstić information content (AvgIpc) is 3.60. The number of carbonyl (C=O) groups is 2. The first-order chi connectivity index (χ1) is 18.0. The summed E-state index contributed by atoms with van der Waals surface area (Å²) in [7, 11) is 0. The number of carboxylic acids is 1. The van der Waals surface area contributed by atoms with Gasteiger partial charge in [-0.15, -0.1) is 16.4 Å². The van der Waals surface area contributed by atoms with Crippen LogP contribution in [0.4, 0.5) is 5.82 Å². The van der Waals surface area contributed by atoms with E-state index in [9.17, 15) is 14.7 Å². The molecule has 1 saturated carbocycles. The van der Waals surface area contributed by atoms with Gasteiger partial charge in [-0.25, -0.2) is 14.5 Å². The van der Waals surface area contributed by atoms with Crippen LogP contribution in [0.25, 0.3) is 17.8 Å². The summed E-state index contributed by atoms with van der Waals surface area (Å²) in [5.74, 6) is -0.348. The summed E-state index contributed by atoms with van der Waals surface area (Å²) in [6.45, 7) is 3.32. The van der Waals surface area contributed by atoms with Gasteiger partial charge < -0.3 is 9.84 Å². The van der Waals surface area contributed by atoms with Gasteiger partial charge in [0.25, 0.3) is 0 Å². The topological polar surface area (TPSA) is 97.6 Å². The molecule has 3 aromatic rings. The van der Waals surface area contributed by atoms with Crippen molar-refractivity contribution >= 4 is 41.2 Å². The average molecular weight is 521 g/mol. The van der Waals surface area contributed by atoms with Crippen molar-refractivity contribution in [3.63, 3.8) is 0 Å². The van der Waals surface area contributed by atoms with Crippen LogP contribution in [0.5, 0.6) is 0 Å². The Balaban J connectivity index is 1.45. The largest absolute Gasteiger partial charge is 0.477 e. The quantitative estimate of drug-likeness (QED) is 0.440. The molecule has 8 nitrogen and oxygen atoms in total. The van der Waals surface area contributed by atoms with Crippen molar-refractivity contribution in [3.8, 4) is 5.69 Å². The van der Waals surface area contributed by atoms with Crippen LogP contribution in [0.2, 0.25) is 0 Å². The predicted octanol–water partition coefficient (Wildman–Crippen LogP) is 5.54. The minimum absolute atomic E-state index is 0.00549. The zero-order valence-electron chi connectivity index (χ0n) is 21.0. The third kappa shape index (κ3) is 5.83. The van der Waals surface area contributed by atoms with Crippen LogP contribution >= 0.6 is 11.3 Å². The maximum atomic E-state index is 13.9. The lowest BCUT2D eigenvalue weighted by molar-refractivity contribution is -0.124. The summed E-state index contributed by atoms with van der Waals surface area (Å²) in [6, 6.07) is 7.56. The van der Waals surface area contributed by atoms with E-state index >= 15 is 0 Å². The molecule has 9 heteroatoms. The van der Waals surface area contributed by atoms with Crippen LogP contribution in [0, 0.1) is 11.8 Å². The molecule has 0 spiro atoms. The first-order valence-corrected chi connectivity index (χ1v) is 13.8. The molecule has 5 rings (SSSR count). The molecule has 194 valence electrons. The predicted molar refractivity (Wildman–Crippen MR) is 144 cm³/mol. The molecular formula is C28H32N4O4S. The van der Waals surface area contributed by atoms with Gasteiger partial charge in [0.2, 0.25) is 5.91 Å². The van der Waals surface area contributed by atoms with Crippen LogP contribution in [0.3, 0.4) is 0 Å². The Labute approximate surface area is 220 Å². The summed E-state index contributed by atoms with van der Waals surface area (Å²) in [5, 5.41) is 16.7. The van der Waals surface area contributed by atoms with Crippen LogP contribution < -0.4 is 4.90 Å². The molecule has 3 heterocycles. The number of benzene rings is 1. The van der Waals surface area contributed by atoms with Crippen molar-refractivity contribution in [3.05, 3.63) is 58.2 Å². The zero-order chi connectivity index (χ0) is 25.8. The summed E-state index contributed by atoms with van der Waals surface area (Å²) < 4.78 is 7.11. The van der Waals surface area contributed by atoms with E-state index in [2.05, 4.69) is 11.9 Å². The highest BCUT2D eigenvalue weighted by molar-refractivity contribution is 7.07. The monoisotopic (exact) mass is 520 g/mol. The lowest BCUT2D eigenvalue weighted by atomic mass is 9.82. The highest BCUT2D eigenvalue weighted by atomic mass is 32.1. The lowest BCUT2D eigenvalue weighted by Crippen LogP contribution is -2.47. The molecule has 0 radical (unpaired) electrons. The van der Waals surface area contributed by atoms with E-state index in [0.29, 0.717) is 32.0 Å². The van der Waals surface area contributed by atoms with E-state index in [1.54, 1.807) is 26.4 Å². The van der Waals surface area contributed by atoms with Gasteiger partial charge in [0.1, 0.15) is 5.56 Å². The molecule has 0 bridgehead atoms. The number of aromatic carboxylic acids is 1. The number of anilines is 1. The van der Waals surface area contributed by atoms with Crippen molar-refractivity contribution in [2.75, 3.05) is 18.1 Å². The second-order valence-electron chi connectivity index (χ2n) is 9.96. The minimum atomic E-state index is -1.09. The SMILES string of the molecule is CC1CCC(C(=O)N(c2nn(-c3ccc(/C=C\c4cscn4)cc3)cc2C(=O)O)C2CCOCC2)CC1. The van der Waals surface area contributed by atoms with Crippen LogP contribution in [-0.4, -0.2) is 51.0 Å². The number of carbonyl (C=O) groups excluding carboxylic acids is 1. The fourth-order valence-electron chi connectivity index (χ4n) is 5.15. The number of hydrogen-bond acceptors (Lipinski definition) is 6. The number of rotatable bonds is 7. The summed E-state index contributed by atoms with van der Waals surface area (Å²) in [4.78, 5) is 32.1. The van der Waals surface area contributed by atoms with Crippen molar-refractivity contribution in [1.29, 1.82) is 0 Å². The maximum absolute atomic E-state index is 13.9. The van der Waals surface area contributed by atoms with Gasteiger partial charge in [0.05, 0.1) is 16.9 Å². The van der Waals surface area contributed by atoms with Crippen molar-refractivity contribution < 1.29 is 19.4 Å². The number of amides is 1. The van der Waals surface area contributed by atoms with Gasteiger partial charge in [0, 0.05) is 36.8 Å². The first-order valence-electron chi connectivity index (χ1n) is 12.9. The number of hydrogen-bond donors (Lipinski definition) is 1. The van der Waals surface area contributed by atoms with E-state index < -0.39 is 5.97 Å². The second kappa shape index (κ2) is 11.4. The lowest BCUT2D eigenvalue weighted by Gasteiger charge is -2.37. The first kappa shape index (κ1) is 25.4. The molecule has 0 unspecified atom stereocenters. The smallest absolute Gasteiger partial charge is 0.341 e. The Hall–Kier alpha value is -3.30. The van der Waals surface area contributed by atoms with Crippen LogP contribution in [0.1, 0.15) is 67.1 Å². The molecule has 1 aliphatic heterocycles. The summed E-state index contributed by atoms with van der Waals surface area (Å²) >= 11 is 1.55. The Morgan fingerprint density at radius 2 is 1.81 bits per heavy atom. The van der Waals surface area contributed by atoms with Gasteiger partial charge in [-0.2, -0.15) is 0 Å². The molecule has 2 aliphatic rings. The van der Waals surface area contributed by atoms with Gasteiger partial charge in [-0.05, 0) is 68.2 Å². The standard InChI is InChI=1S/C28H32N4O4S/c1-19-2-7-21(8-3-19)27(33)32(24-12-14-36-15-13-24)26-25(28(34)35)16-31(30-26)23-10-5-20(6-11-23)4-9-22-17-37-18-29-22/h4-6,9-11,16-19,21,24H,2-3,7-8,12-15H2,1H3,(H,34,35)/b9-4-. The summed E-state index contributed by atoms with van der Waals surface area (Å²) in [5.41, 5.74) is 4.46. The number of nitrogens with zero attached hydrogens (tertiary/aromatic N) is 4. The third-order valence-electron chi connectivity index (χ3n) is 7.37. The number of thiazole rings is 1.